The minimum atomic E-state index is -0.144. The maximum atomic E-state index is 12.3. The molecule has 0 aliphatic carbocycles. The number of thiazole rings is 1. The zero-order valence-corrected chi connectivity index (χ0v) is 17.3. The van der Waals surface area contributed by atoms with Crippen molar-refractivity contribution in [3.63, 3.8) is 0 Å². The molecule has 7 nitrogen and oxygen atoms in total. The third kappa shape index (κ3) is 5.07. The molecule has 146 valence electrons. The first-order valence-electron chi connectivity index (χ1n) is 8.94. The first kappa shape index (κ1) is 19.3. The molecule has 4 aromatic rings. The number of rotatable bonds is 7. The molecular weight excluding hydrogens is 404 g/mol. The molecule has 9 heteroatoms. The second-order valence-electron chi connectivity index (χ2n) is 6.34. The molecule has 1 amide bonds. The van der Waals surface area contributed by atoms with Crippen LogP contribution in [0.2, 0.25) is 0 Å². The molecule has 4 rings (SSSR count). The number of carbonyl (C=O) groups is 1. The van der Waals surface area contributed by atoms with Crippen LogP contribution in [0.3, 0.4) is 0 Å². The van der Waals surface area contributed by atoms with Crippen LogP contribution < -0.4 is 5.32 Å². The van der Waals surface area contributed by atoms with Gasteiger partial charge in [0.2, 0.25) is 11.1 Å². The van der Waals surface area contributed by atoms with Gasteiger partial charge in [-0.2, -0.15) is 4.68 Å². The van der Waals surface area contributed by atoms with Gasteiger partial charge in [0, 0.05) is 17.5 Å². The Hall–Kier alpha value is -3.04. The Labute approximate surface area is 176 Å². The molecule has 0 bridgehead atoms. The summed E-state index contributed by atoms with van der Waals surface area (Å²) in [6.07, 6.45) is 2.60. The second-order valence-corrected chi connectivity index (χ2v) is 8.40. The van der Waals surface area contributed by atoms with Gasteiger partial charge < -0.3 is 5.32 Å². The fourth-order valence-electron chi connectivity index (χ4n) is 2.65. The number of amides is 1. The molecule has 1 N–H and O–H groups in total. The lowest BCUT2D eigenvalue weighted by Gasteiger charge is -2.04. The first-order chi connectivity index (χ1) is 14.2. The van der Waals surface area contributed by atoms with E-state index < -0.39 is 0 Å². The van der Waals surface area contributed by atoms with Crippen molar-refractivity contribution >= 4 is 34.1 Å². The molecule has 0 spiro atoms. The van der Waals surface area contributed by atoms with Crippen LogP contribution in [0.5, 0.6) is 0 Å². The van der Waals surface area contributed by atoms with E-state index in [9.17, 15) is 4.79 Å². The standard InChI is InChI=1S/C20H18N6OS2/c1-14-7-9-16(10-8-14)26-20(23-24-25-26)28-13-18(27)22-19-21-12-17(29-19)11-15-5-3-2-4-6-15/h2-10,12H,11,13H2,1H3,(H,21,22,27). The van der Waals surface area contributed by atoms with Gasteiger partial charge in [-0.3, -0.25) is 4.79 Å². The number of thioether (sulfide) groups is 1. The summed E-state index contributed by atoms with van der Waals surface area (Å²) < 4.78 is 1.62. The molecule has 0 atom stereocenters. The maximum Gasteiger partial charge on any atom is 0.236 e. The summed E-state index contributed by atoms with van der Waals surface area (Å²) in [4.78, 5) is 17.7. The van der Waals surface area contributed by atoms with Gasteiger partial charge in [-0.25, -0.2) is 4.98 Å². The predicted octanol–water partition coefficient (Wildman–Crippen LogP) is 3.75. The van der Waals surface area contributed by atoms with E-state index in [1.165, 1.54) is 28.7 Å². The van der Waals surface area contributed by atoms with E-state index in [1.807, 2.05) is 49.4 Å². The molecular formula is C20H18N6OS2. The molecule has 0 aliphatic heterocycles. The van der Waals surface area contributed by atoms with Gasteiger partial charge in [-0.05, 0) is 35.0 Å². The molecule has 29 heavy (non-hydrogen) atoms. The van der Waals surface area contributed by atoms with Crippen LogP contribution in [-0.4, -0.2) is 36.9 Å². The molecule has 0 radical (unpaired) electrons. The zero-order chi connectivity index (χ0) is 20.1. The van der Waals surface area contributed by atoms with Crippen molar-refractivity contribution in [3.05, 3.63) is 76.8 Å². The molecule has 2 heterocycles. The van der Waals surface area contributed by atoms with Crippen LogP contribution >= 0.6 is 23.1 Å². The van der Waals surface area contributed by atoms with Crippen molar-refractivity contribution in [1.82, 2.24) is 25.2 Å². The Morgan fingerprint density at radius 1 is 1.14 bits per heavy atom. The third-order valence-electron chi connectivity index (χ3n) is 4.07. The van der Waals surface area contributed by atoms with Gasteiger partial charge in [-0.1, -0.05) is 59.8 Å². The van der Waals surface area contributed by atoms with E-state index in [1.54, 1.807) is 10.9 Å². The van der Waals surface area contributed by atoms with Crippen LogP contribution in [0.25, 0.3) is 5.69 Å². The number of hydrogen-bond donors (Lipinski definition) is 1. The van der Waals surface area contributed by atoms with Gasteiger partial charge >= 0.3 is 0 Å². The lowest BCUT2D eigenvalue weighted by atomic mass is 10.1. The zero-order valence-electron chi connectivity index (χ0n) is 15.6. The molecule has 2 aromatic carbocycles. The second kappa shape index (κ2) is 8.97. The van der Waals surface area contributed by atoms with E-state index in [4.69, 9.17) is 0 Å². The number of tetrazole rings is 1. The van der Waals surface area contributed by atoms with Crippen LogP contribution in [0, 0.1) is 6.92 Å². The van der Waals surface area contributed by atoms with Gasteiger partial charge in [0.25, 0.3) is 0 Å². The van der Waals surface area contributed by atoms with E-state index in [0.717, 1.165) is 22.5 Å². The van der Waals surface area contributed by atoms with Crippen molar-refractivity contribution in [2.45, 2.75) is 18.5 Å². The van der Waals surface area contributed by atoms with Gasteiger partial charge in [-0.15, -0.1) is 16.4 Å². The first-order valence-corrected chi connectivity index (χ1v) is 10.7. The Bertz CT molecular complexity index is 1090. The number of nitrogens with one attached hydrogen (secondary N) is 1. The third-order valence-corrected chi connectivity index (χ3v) is 5.90. The highest BCUT2D eigenvalue weighted by Gasteiger charge is 2.13. The van der Waals surface area contributed by atoms with E-state index in [0.29, 0.717) is 10.3 Å². The largest absolute Gasteiger partial charge is 0.301 e. The normalized spacial score (nSPS) is 10.8. The minimum absolute atomic E-state index is 0.144. The van der Waals surface area contributed by atoms with Crippen LogP contribution in [0.4, 0.5) is 5.13 Å². The highest BCUT2D eigenvalue weighted by molar-refractivity contribution is 7.99. The van der Waals surface area contributed by atoms with Crippen LogP contribution in [0.15, 0.2) is 66.0 Å². The topological polar surface area (TPSA) is 85.6 Å². The Morgan fingerprint density at radius 3 is 2.72 bits per heavy atom. The van der Waals surface area contributed by atoms with Gasteiger partial charge in [0.05, 0.1) is 11.4 Å². The number of carbonyl (C=O) groups excluding carboxylic acids is 1. The number of hydrogen-bond acceptors (Lipinski definition) is 7. The van der Waals surface area contributed by atoms with Crippen molar-refractivity contribution in [2.75, 3.05) is 11.1 Å². The summed E-state index contributed by atoms with van der Waals surface area (Å²) in [5, 5.41) is 15.8. The van der Waals surface area contributed by atoms with Crippen LogP contribution in [-0.2, 0) is 11.2 Å². The van der Waals surface area contributed by atoms with E-state index >= 15 is 0 Å². The molecule has 0 aliphatic rings. The summed E-state index contributed by atoms with van der Waals surface area (Å²) in [6, 6.07) is 18.1. The quantitative estimate of drug-likeness (QED) is 0.457. The highest BCUT2D eigenvalue weighted by Crippen LogP contribution is 2.22. The van der Waals surface area contributed by atoms with Crippen LogP contribution in [0.1, 0.15) is 16.0 Å². The Kier molecular flexibility index (Phi) is 5.97. The average molecular weight is 423 g/mol. The number of nitrogens with zero attached hydrogens (tertiary/aromatic N) is 5. The monoisotopic (exact) mass is 422 g/mol. The van der Waals surface area contributed by atoms with Crippen molar-refractivity contribution in [3.8, 4) is 5.69 Å². The predicted molar refractivity (Wildman–Crippen MR) is 115 cm³/mol. The summed E-state index contributed by atoms with van der Waals surface area (Å²) in [5.74, 6) is 0.0499. The fraction of sp³-hybridized carbons (Fsp3) is 0.150. The van der Waals surface area contributed by atoms with E-state index in [-0.39, 0.29) is 11.7 Å². The molecule has 0 saturated carbocycles. The summed E-state index contributed by atoms with van der Waals surface area (Å²) in [6.45, 7) is 2.02. The summed E-state index contributed by atoms with van der Waals surface area (Å²) in [7, 11) is 0. The van der Waals surface area contributed by atoms with Crippen molar-refractivity contribution in [2.24, 2.45) is 0 Å². The van der Waals surface area contributed by atoms with E-state index in [2.05, 4.69) is 38.0 Å². The SMILES string of the molecule is Cc1ccc(-n2nnnc2SCC(=O)Nc2ncc(Cc3ccccc3)s2)cc1. The van der Waals surface area contributed by atoms with Gasteiger partial charge in [0.15, 0.2) is 5.13 Å². The summed E-state index contributed by atoms with van der Waals surface area (Å²) >= 11 is 2.76. The molecule has 2 aromatic heterocycles. The summed E-state index contributed by atoms with van der Waals surface area (Å²) in [5.41, 5.74) is 3.23. The molecule has 0 fully saturated rings. The molecule has 0 saturated heterocycles. The van der Waals surface area contributed by atoms with Gasteiger partial charge in [0.1, 0.15) is 0 Å². The Morgan fingerprint density at radius 2 is 1.93 bits per heavy atom. The minimum Gasteiger partial charge on any atom is -0.301 e. The number of benzene rings is 2. The lowest BCUT2D eigenvalue weighted by molar-refractivity contribution is -0.113. The fourth-order valence-corrected chi connectivity index (χ4v) is 4.20. The number of anilines is 1. The average Bonchev–Trinajstić information content (AvgIpc) is 3.37. The molecule has 0 unspecified atom stereocenters. The van der Waals surface area contributed by atoms with Crippen molar-refractivity contribution in [1.29, 1.82) is 0 Å². The maximum absolute atomic E-state index is 12.3. The lowest BCUT2D eigenvalue weighted by Crippen LogP contribution is -2.14. The number of aromatic nitrogens is 5. The Balaban J connectivity index is 1.33. The van der Waals surface area contributed by atoms with Crippen molar-refractivity contribution < 1.29 is 4.79 Å². The highest BCUT2D eigenvalue weighted by atomic mass is 32.2. The smallest absolute Gasteiger partial charge is 0.236 e. The number of aryl methyl sites for hydroxylation is 1.